The molecule has 0 aromatic heterocycles. The maximum absolute atomic E-state index is 11.8. The van der Waals surface area contributed by atoms with Crippen LogP contribution in [0.25, 0.3) is 0 Å². The van der Waals surface area contributed by atoms with E-state index in [4.69, 9.17) is 10.5 Å². The number of nitrogens with two attached hydrogens (primary N) is 1. The van der Waals surface area contributed by atoms with E-state index in [9.17, 15) is 24.5 Å². The number of amides is 1. The van der Waals surface area contributed by atoms with Gasteiger partial charge in [-0.05, 0) is 13.0 Å². The van der Waals surface area contributed by atoms with Crippen molar-refractivity contribution in [3.8, 4) is 0 Å². The van der Waals surface area contributed by atoms with E-state index >= 15 is 0 Å². The van der Waals surface area contributed by atoms with Crippen molar-refractivity contribution in [2.75, 3.05) is 7.11 Å². The number of hydrogen-bond donors (Lipinski definition) is 1. The fourth-order valence-electron chi connectivity index (χ4n) is 1.36. The number of hydrogen-bond acceptors (Lipinski definition) is 7. The van der Waals surface area contributed by atoms with Crippen LogP contribution in [0.1, 0.15) is 27.6 Å². The van der Waals surface area contributed by atoms with Crippen molar-refractivity contribution in [3.63, 3.8) is 0 Å². The van der Waals surface area contributed by atoms with Crippen molar-refractivity contribution in [2.24, 2.45) is 5.73 Å². The molecule has 0 bridgehead atoms. The fraction of sp³-hybridized carbons (Fsp3) is 0.250. The Hall–Kier alpha value is -2.97. The number of non-ortho nitro benzene ring substituents is 1. The van der Waals surface area contributed by atoms with Crippen molar-refractivity contribution in [1.29, 1.82) is 0 Å². The van der Waals surface area contributed by atoms with Gasteiger partial charge in [-0.15, -0.1) is 0 Å². The van der Waals surface area contributed by atoms with Crippen LogP contribution in [-0.2, 0) is 14.3 Å². The molecule has 0 fully saturated rings. The van der Waals surface area contributed by atoms with Crippen molar-refractivity contribution in [2.45, 2.75) is 13.0 Å². The molecule has 0 unspecified atom stereocenters. The van der Waals surface area contributed by atoms with Gasteiger partial charge >= 0.3 is 11.9 Å². The highest BCUT2D eigenvalue weighted by atomic mass is 16.6. The van der Waals surface area contributed by atoms with Gasteiger partial charge in [-0.25, -0.2) is 9.59 Å². The summed E-state index contributed by atoms with van der Waals surface area (Å²) >= 11 is 0. The van der Waals surface area contributed by atoms with Crippen LogP contribution in [0.2, 0.25) is 0 Å². The lowest BCUT2D eigenvalue weighted by Gasteiger charge is -2.10. The predicted molar refractivity (Wildman–Crippen MR) is 68.5 cm³/mol. The minimum atomic E-state index is -1.21. The molecule has 0 aliphatic rings. The normalized spacial score (nSPS) is 11.3. The van der Waals surface area contributed by atoms with Crippen LogP contribution in [0, 0.1) is 10.1 Å². The summed E-state index contributed by atoms with van der Waals surface area (Å²) in [5, 5.41) is 10.8. The smallest absolute Gasteiger partial charge is 0.339 e. The molecule has 0 heterocycles. The van der Waals surface area contributed by atoms with Gasteiger partial charge in [0.1, 0.15) is 0 Å². The van der Waals surface area contributed by atoms with E-state index in [1.54, 1.807) is 0 Å². The van der Waals surface area contributed by atoms with E-state index < -0.39 is 34.6 Å². The van der Waals surface area contributed by atoms with Crippen LogP contribution >= 0.6 is 0 Å². The number of esters is 2. The summed E-state index contributed by atoms with van der Waals surface area (Å²) in [6.07, 6.45) is -1.21. The Morgan fingerprint density at radius 1 is 1.19 bits per heavy atom. The molecule has 0 spiro atoms. The zero-order chi connectivity index (χ0) is 16.2. The first kappa shape index (κ1) is 16.1. The van der Waals surface area contributed by atoms with Gasteiger partial charge in [0, 0.05) is 12.1 Å². The zero-order valence-electron chi connectivity index (χ0n) is 11.2. The van der Waals surface area contributed by atoms with Crippen molar-refractivity contribution < 1.29 is 28.8 Å². The van der Waals surface area contributed by atoms with E-state index in [1.165, 1.54) is 6.92 Å². The molecule has 0 radical (unpaired) electrons. The van der Waals surface area contributed by atoms with Gasteiger partial charge in [0.05, 0.1) is 23.2 Å². The number of benzene rings is 1. The van der Waals surface area contributed by atoms with Gasteiger partial charge in [0.25, 0.3) is 11.6 Å². The Labute approximate surface area is 118 Å². The third-order valence-corrected chi connectivity index (χ3v) is 2.47. The highest BCUT2D eigenvalue weighted by Crippen LogP contribution is 2.19. The molecule has 1 atom stereocenters. The average Bonchev–Trinajstić information content (AvgIpc) is 2.45. The SMILES string of the molecule is COC(=O)c1cc(C(=O)O[C@H](C)C(N)=O)cc([N+](=O)[O-])c1. The van der Waals surface area contributed by atoms with Crippen LogP contribution in [0.15, 0.2) is 18.2 Å². The van der Waals surface area contributed by atoms with E-state index in [2.05, 4.69) is 4.74 Å². The Morgan fingerprint density at radius 2 is 1.71 bits per heavy atom. The second-order valence-corrected chi connectivity index (χ2v) is 3.97. The van der Waals surface area contributed by atoms with Crippen molar-refractivity contribution >= 4 is 23.5 Å². The zero-order valence-corrected chi connectivity index (χ0v) is 11.2. The molecule has 112 valence electrons. The maximum Gasteiger partial charge on any atom is 0.339 e. The van der Waals surface area contributed by atoms with E-state index in [-0.39, 0.29) is 11.1 Å². The highest BCUT2D eigenvalue weighted by molar-refractivity contribution is 5.97. The molecule has 0 saturated carbocycles. The number of primary amides is 1. The van der Waals surface area contributed by atoms with Crippen LogP contribution in [-0.4, -0.2) is 36.0 Å². The number of carbonyl (C=O) groups excluding carboxylic acids is 3. The van der Waals surface area contributed by atoms with Crippen LogP contribution in [0.3, 0.4) is 0 Å². The Morgan fingerprint density at radius 3 is 2.14 bits per heavy atom. The Bertz CT molecular complexity index is 612. The summed E-state index contributed by atoms with van der Waals surface area (Å²) in [6.45, 7) is 1.25. The van der Waals surface area contributed by atoms with Crippen molar-refractivity contribution in [3.05, 3.63) is 39.4 Å². The average molecular weight is 296 g/mol. The van der Waals surface area contributed by atoms with E-state index in [1.807, 2.05) is 0 Å². The summed E-state index contributed by atoms with van der Waals surface area (Å²) in [5.74, 6) is -2.74. The van der Waals surface area contributed by atoms with Gasteiger partial charge in [-0.3, -0.25) is 14.9 Å². The molecule has 2 N–H and O–H groups in total. The minimum absolute atomic E-state index is 0.189. The van der Waals surface area contributed by atoms with Gasteiger partial charge in [-0.1, -0.05) is 0 Å². The molecule has 0 aliphatic carbocycles. The molecule has 9 heteroatoms. The van der Waals surface area contributed by atoms with Crippen molar-refractivity contribution in [1.82, 2.24) is 0 Å². The summed E-state index contributed by atoms with van der Waals surface area (Å²) < 4.78 is 9.15. The van der Waals surface area contributed by atoms with Gasteiger partial charge in [0.15, 0.2) is 6.10 Å². The molecular weight excluding hydrogens is 284 g/mol. The largest absolute Gasteiger partial charge is 0.465 e. The predicted octanol–water partition coefficient (Wildman–Crippen LogP) is 0.412. The van der Waals surface area contributed by atoms with Crippen LogP contribution in [0.5, 0.6) is 0 Å². The van der Waals surface area contributed by atoms with Crippen LogP contribution < -0.4 is 5.73 Å². The third kappa shape index (κ3) is 4.00. The topological polar surface area (TPSA) is 139 Å². The second-order valence-electron chi connectivity index (χ2n) is 3.97. The molecule has 9 nitrogen and oxygen atoms in total. The molecule has 1 aromatic rings. The molecule has 0 saturated heterocycles. The fourth-order valence-corrected chi connectivity index (χ4v) is 1.36. The molecule has 21 heavy (non-hydrogen) atoms. The molecule has 1 aromatic carbocycles. The summed E-state index contributed by atoms with van der Waals surface area (Å²) in [6, 6.07) is 2.94. The number of methoxy groups -OCH3 is 1. The lowest BCUT2D eigenvalue weighted by atomic mass is 10.1. The summed E-state index contributed by atoms with van der Waals surface area (Å²) in [5.41, 5.74) is 4.00. The monoisotopic (exact) mass is 296 g/mol. The quantitative estimate of drug-likeness (QED) is 0.471. The molecule has 1 rings (SSSR count). The molecule has 1 amide bonds. The first-order valence-corrected chi connectivity index (χ1v) is 5.64. The number of nitro groups is 1. The number of ether oxygens (including phenoxy) is 2. The summed E-state index contributed by atoms with van der Waals surface area (Å²) in [4.78, 5) is 44.1. The Balaban J connectivity index is 3.19. The standard InChI is InChI=1S/C12H12N2O7/c1-6(10(13)15)21-12(17)8-3-7(11(16)20-2)4-9(5-8)14(18)19/h3-6H,1-2H3,(H2,13,15)/t6-/m1/s1. The number of nitro benzene ring substituents is 1. The number of nitrogens with zero attached hydrogens (tertiary/aromatic N) is 1. The summed E-state index contributed by atoms with van der Waals surface area (Å²) in [7, 11) is 1.09. The first-order chi connectivity index (χ1) is 9.76. The first-order valence-electron chi connectivity index (χ1n) is 5.64. The molecule has 0 aliphatic heterocycles. The maximum atomic E-state index is 11.8. The third-order valence-electron chi connectivity index (χ3n) is 2.47. The van der Waals surface area contributed by atoms with Gasteiger partial charge in [0.2, 0.25) is 0 Å². The second kappa shape index (κ2) is 6.46. The number of rotatable bonds is 5. The number of carbonyl (C=O) groups is 3. The lowest BCUT2D eigenvalue weighted by Crippen LogP contribution is -2.30. The van der Waals surface area contributed by atoms with E-state index in [0.717, 1.165) is 25.3 Å². The van der Waals surface area contributed by atoms with Gasteiger partial charge < -0.3 is 15.2 Å². The Kier molecular flexibility index (Phi) is 4.95. The van der Waals surface area contributed by atoms with Gasteiger partial charge in [-0.2, -0.15) is 0 Å². The highest BCUT2D eigenvalue weighted by Gasteiger charge is 2.21. The lowest BCUT2D eigenvalue weighted by molar-refractivity contribution is -0.384. The van der Waals surface area contributed by atoms with E-state index in [0.29, 0.717) is 0 Å². The van der Waals surface area contributed by atoms with Crippen LogP contribution in [0.4, 0.5) is 5.69 Å². The molecular formula is C12H12N2O7. The minimum Gasteiger partial charge on any atom is -0.465 e.